The Balaban J connectivity index is 0.000000605. The largest absolute Gasteiger partial charge is 0.114 e. The first kappa shape index (κ1) is 10.2. The van der Waals surface area contributed by atoms with Crippen molar-refractivity contribution >= 4 is 64.0 Å². The first-order valence-electron chi connectivity index (χ1n) is 2.68. The molecular weight excluding hydrogens is 280 g/mol. The smallest absolute Gasteiger partial charge is 0.0694 e. The fourth-order valence-corrected chi connectivity index (χ4v) is 4.64. The zero-order chi connectivity index (χ0) is 6.81. The third kappa shape index (κ3) is 2.52. The van der Waals surface area contributed by atoms with E-state index < -0.39 is 0 Å². The number of thioether (sulfide) groups is 4. The maximum atomic E-state index is 2.13. The fraction of sp³-hybridized carbons (Fsp3) is 0. The summed E-state index contributed by atoms with van der Waals surface area (Å²) in [5.74, 6) is 0. The summed E-state index contributed by atoms with van der Waals surface area (Å²) in [5, 5.41) is 8.53. The van der Waals surface area contributed by atoms with E-state index in [0.717, 1.165) is 0 Å². The lowest BCUT2D eigenvalue weighted by Gasteiger charge is -1.97. The highest BCUT2D eigenvalue weighted by Crippen LogP contribution is 2.50. The van der Waals surface area contributed by atoms with Gasteiger partial charge in [0.25, 0.3) is 0 Å². The molecule has 0 nitrogen and oxygen atoms in total. The van der Waals surface area contributed by atoms with Crippen LogP contribution < -0.4 is 0 Å². The topological polar surface area (TPSA) is 0 Å². The van der Waals surface area contributed by atoms with E-state index >= 15 is 0 Å². The molecule has 0 aromatic rings. The molecule has 2 rings (SSSR count). The molecule has 0 aliphatic carbocycles. The van der Waals surface area contributed by atoms with Crippen molar-refractivity contribution in [1.29, 1.82) is 0 Å². The Morgan fingerprint density at radius 2 is 0.909 bits per heavy atom. The summed E-state index contributed by atoms with van der Waals surface area (Å²) < 4.78 is 2.86. The second kappa shape index (κ2) is 4.97. The molecule has 11 heavy (non-hydrogen) atoms. The maximum Gasteiger partial charge on any atom is 0.0694 e. The summed E-state index contributed by atoms with van der Waals surface area (Å²) in [6, 6.07) is 0. The van der Waals surface area contributed by atoms with Gasteiger partial charge in [-0.1, -0.05) is 47.0 Å². The average molecular weight is 285 g/mol. The molecule has 0 spiro atoms. The molecule has 0 saturated heterocycles. The molecule has 0 aromatic carbocycles. The van der Waals surface area contributed by atoms with Crippen LogP contribution in [0.15, 0.2) is 30.1 Å². The second-order valence-corrected chi connectivity index (χ2v) is 5.77. The van der Waals surface area contributed by atoms with Gasteiger partial charge < -0.3 is 0 Å². The Kier molecular flexibility index (Phi) is 4.60. The van der Waals surface area contributed by atoms with Gasteiger partial charge in [0.2, 0.25) is 0 Å². The molecule has 2 aliphatic heterocycles. The molecule has 60 valence electrons. The van der Waals surface area contributed by atoms with Crippen LogP contribution in [0.3, 0.4) is 0 Å². The van der Waals surface area contributed by atoms with Crippen molar-refractivity contribution in [2.45, 2.75) is 0 Å². The molecule has 0 amide bonds. The Hall–Kier alpha value is 1.10. The van der Waals surface area contributed by atoms with Crippen LogP contribution in [0.2, 0.25) is 0 Å². The number of hydrogen-bond donors (Lipinski definition) is 0. The van der Waals surface area contributed by atoms with Crippen LogP contribution in [0.4, 0.5) is 0 Å². The van der Waals surface area contributed by atoms with E-state index in [4.69, 9.17) is 0 Å². The van der Waals surface area contributed by atoms with Gasteiger partial charge in [0, 0.05) is 0 Å². The van der Waals surface area contributed by atoms with Gasteiger partial charge in [0.05, 0.1) is 8.47 Å². The van der Waals surface area contributed by atoms with Crippen molar-refractivity contribution < 1.29 is 0 Å². The van der Waals surface area contributed by atoms with Gasteiger partial charge in [-0.2, -0.15) is 0 Å². The van der Waals surface area contributed by atoms with Crippen molar-refractivity contribution in [3.8, 4) is 0 Å². The summed E-state index contributed by atoms with van der Waals surface area (Å²) >= 11 is 7.28. The first-order chi connectivity index (χ1) is 4.97. The lowest BCUT2D eigenvalue weighted by molar-refractivity contribution is 2.38. The Bertz CT molecular complexity index is 187. The van der Waals surface area contributed by atoms with Gasteiger partial charge in [-0.25, -0.2) is 0 Å². The van der Waals surface area contributed by atoms with Crippen molar-refractivity contribution in [1.82, 2.24) is 0 Å². The summed E-state index contributed by atoms with van der Waals surface area (Å²) in [6.07, 6.45) is 0. The molecule has 2 aliphatic rings. The minimum Gasteiger partial charge on any atom is -0.114 e. The van der Waals surface area contributed by atoms with E-state index in [-0.39, 0.29) is 17.0 Å². The molecule has 0 aromatic heterocycles. The van der Waals surface area contributed by atoms with Crippen LogP contribution in [0, 0.1) is 0 Å². The molecule has 0 saturated carbocycles. The highest BCUT2D eigenvalue weighted by molar-refractivity contribution is 8.93. The summed E-state index contributed by atoms with van der Waals surface area (Å²) in [6.45, 7) is 0. The van der Waals surface area contributed by atoms with Gasteiger partial charge >= 0.3 is 0 Å². The summed E-state index contributed by atoms with van der Waals surface area (Å²) in [4.78, 5) is 0. The van der Waals surface area contributed by atoms with Gasteiger partial charge in [-0.3, -0.25) is 0 Å². The van der Waals surface area contributed by atoms with E-state index in [1.165, 1.54) is 8.47 Å². The minimum atomic E-state index is 0. The molecule has 0 fully saturated rings. The van der Waals surface area contributed by atoms with Gasteiger partial charge in [0.15, 0.2) is 0 Å². The Morgan fingerprint density at radius 3 is 1.18 bits per heavy atom. The SMILES string of the molecule is Br.C1=CSC(=C2SC=CS2)S1. The van der Waals surface area contributed by atoms with Crippen LogP contribution in [-0.2, 0) is 0 Å². The minimum absolute atomic E-state index is 0. The highest BCUT2D eigenvalue weighted by Gasteiger charge is 2.12. The van der Waals surface area contributed by atoms with Crippen molar-refractivity contribution in [2.75, 3.05) is 0 Å². The highest BCUT2D eigenvalue weighted by atomic mass is 79.9. The molecule has 0 N–H and O–H groups in total. The molecule has 2 heterocycles. The summed E-state index contributed by atoms with van der Waals surface area (Å²) in [5.41, 5.74) is 0. The normalized spacial score (nSPS) is 21.1. The Morgan fingerprint density at radius 1 is 0.636 bits per heavy atom. The number of hydrogen-bond acceptors (Lipinski definition) is 4. The van der Waals surface area contributed by atoms with Crippen molar-refractivity contribution in [2.24, 2.45) is 0 Å². The fourth-order valence-electron chi connectivity index (χ4n) is 0.606. The third-order valence-corrected chi connectivity index (χ3v) is 5.76. The van der Waals surface area contributed by atoms with Crippen LogP contribution in [-0.4, -0.2) is 0 Å². The standard InChI is InChI=1S/C6H4S4.BrH/c1-2-8-5(7-1)6-9-3-4-10-6;/h1-4H;1H. The quantitative estimate of drug-likeness (QED) is 0.638. The third-order valence-electron chi connectivity index (χ3n) is 0.978. The van der Waals surface area contributed by atoms with E-state index in [1.54, 1.807) is 0 Å². The molecular formula is C6H5BrS4. The monoisotopic (exact) mass is 284 g/mol. The lowest BCUT2D eigenvalue weighted by atomic mass is 11.2. The molecule has 5 heteroatoms. The number of rotatable bonds is 0. The lowest BCUT2D eigenvalue weighted by Crippen LogP contribution is -1.62. The van der Waals surface area contributed by atoms with Crippen LogP contribution >= 0.6 is 64.0 Å². The summed E-state index contributed by atoms with van der Waals surface area (Å²) in [7, 11) is 0. The van der Waals surface area contributed by atoms with Crippen molar-refractivity contribution in [3.05, 3.63) is 30.1 Å². The molecule has 0 atom stereocenters. The van der Waals surface area contributed by atoms with E-state index in [9.17, 15) is 0 Å². The second-order valence-electron chi connectivity index (χ2n) is 1.59. The van der Waals surface area contributed by atoms with Gasteiger partial charge in [-0.05, 0) is 21.6 Å². The van der Waals surface area contributed by atoms with E-state index in [1.807, 2.05) is 47.0 Å². The van der Waals surface area contributed by atoms with Gasteiger partial charge in [-0.15, -0.1) is 17.0 Å². The maximum absolute atomic E-state index is 2.13. The molecule has 0 bridgehead atoms. The first-order valence-corrected chi connectivity index (χ1v) is 6.19. The van der Waals surface area contributed by atoms with Crippen molar-refractivity contribution in [3.63, 3.8) is 0 Å². The molecule has 0 radical (unpaired) electrons. The zero-order valence-corrected chi connectivity index (χ0v) is 10.3. The predicted molar refractivity (Wildman–Crippen MR) is 66.0 cm³/mol. The van der Waals surface area contributed by atoms with E-state index in [0.29, 0.717) is 0 Å². The zero-order valence-electron chi connectivity index (χ0n) is 5.35. The molecule has 0 unspecified atom stereocenters. The predicted octanol–water partition coefficient (Wildman–Crippen LogP) is 4.59. The van der Waals surface area contributed by atoms with Crippen LogP contribution in [0.25, 0.3) is 0 Å². The van der Waals surface area contributed by atoms with Gasteiger partial charge in [0.1, 0.15) is 0 Å². The number of halogens is 1. The average Bonchev–Trinajstić information content (AvgIpc) is 2.59. The Labute approximate surface area is 93.5 Å². The van der Waals surface area contributed by atoms with Crippen LogP contribution in [0.5, 0.6) is 0 Å². The van der Waals surface area contributed by atoms with Crippen LogP contribution in [0.1, 0.15) is 0 Å². The van der Waals surface area contributed by atoms with E-state index in [2.05, 4.69) is 21.6 Å².